The van der Waals surface area contributed by atoms with Crippen molar-refractivity contribution < 1.29 is 0 Å². The Balaban J connectivity index is 3.70. The zero-order valence-electron chi connectivity index (χ0n) is 6.78. The summed E-state index contributed by atoms with van der Waals surface area (Å²) in [4.78, 5) is 0. The lowest BCUT2D eigenvalue weighted by Crippen LogP contribution is -2.34. The monoisotopic (exact) mass is 128 g/mol. The summed E-state index contributed by atoms with van der Waals surface area (Å²) in [6.45, 7) is 10.3. The van der Waals surface area contributed by atoms with Crippen LogP contribution in [0.4, 0.5) is 0 Å². The van der Waals surface area contributed by atoms with Gasteiger partial charge in [-0.05, 0) is 18.8 Å². The lowest BCUT2D eigenvalue weighted by atomic mass is 9.82. The number of hydrogen-bond acceptors (Lipinski definition) is 1. The molecule has 1 nitrogen and oxygen atoms in total. The van der Waals surface area contributed by atoms with Crippen molar-refractivity contribution in [2.75, 3.05) is 0 Å². The van der Waals surface area contributed by atoms with Gasteiger partial charge in [0, 0.05) is 6.04 Å². The van der Waals surface area contributed by atoms with Gasteiger partial charge in [-0.3, -0.25) is 0 Å². The van der Waals surface area contributed by atoms with E-state index in [-0.39, 0.29) is 11.5 Å². The molecule has 2 N–H and O–H groups in total. The second-order valence-electron chi connectivity index (χ2n) is 3.35. The summed E-state index contributed by atoms with van der Waals surface area (Å²) in [5.74, 6) is 0. The third-order valence-electron chi connectivity index (χ3n) is 1.90. The van der Waals surface area contributed by atoms with Gasteiger partial charge in [-0.1, -0.05) is 27.2 Å². The van der Waals surface area contributed by atoms with Crippen LogP contribution in [0.1, 0.15) is 33.6 Å². The van der Waals surface area contributed by atoms with Gasteiger partial charge < -0.3 is 5.73 Å². The van der Waals surface area contributed by atoms with Gasteiger partial charge in [0.15, 0.2) is 0 Å². The van der Waals surface area contributed by atoms with Gasteiger partial charge in [-0.25, -0.2) is 0 Å². The highest BCUT2D eigenvalue weighted by Gasteiger charge is 2.20. The lowest BCUT2D eigenvalue weighted by molar-refractivity contribution is 0.293. The van der Waals surface area contributed by atoms with E-state index in [0.717, 1.165) is 6.42 Å². The lowest BCUT2D eigenvalue weighted by Gasteiger charge is -2.28. The fourth-order valence-corrected chi connectivity index (χ4v) is 0.830. The molecule has 0 amide bonds. The summed E-state index contributed by atoms with van der Waals surface area (Å²) >= 11 is 0. The number of rotatable bonds is 3. The second-order valence-corrected chi connectivity index (χ2v) is 3.35. The molecule has 0 aliphatic carbocycles. The number of hydrogen-bond donors (Lipinski definition) is 1. The molecule has 0 aromatic carbocycles. The van der Waals surface area contributed by atoms with E-state index in [1.807, 2.05) is 0 Å². The van der Waals surface area contributed by atoms with E-state index in [1.165, 1.54) is 6.42 Å². The molecule has 0 heterocycles. The minimum atomic E-state index is 0.0671. The Morgan fingerprint density at radius 2 is 2.00 bits per heavy atom. The van der Waals surface area contributed by atoms with Gasteiger partial charge in [0.1, 0.15) is 0 Å². The van der Waals surface area contributed by atoms with Crippen LogP contribution in [0, 0.1) is 12.3 Å². The number of nitrogens with two attached hydrogens (primary N) is 1. The predicted octanol–water partition coefficient (Wildman–Crippen LogP) is 1.97. The Labute approximate surface area is 58.6 Å². The molecule has 0 aliphatic rings. The zero-order chi connectivity index (χ0) is 7.49. The van der Waals surface area contributed by atoms with Crippen molar-refractivity contribution >= 4 is 0 Å². The standard InChI is InChI=1S/C8H18N/c1-5-6-8(3,4)7(2)9/h7H,2,5-6,9H2,1,3-4H3. The molecule has 0 aliphatic heterocycles. The predicted molar refractivity (Wildman–Crippen MR) is 42.0 cm³/mol. The molecule has 0 saturated carbocycles. The maximum absolute atomic E-state index is 5.65. The van der Waals surface area contributed by atoms with Crippen LogP contribution in [0.3, 0.4) is 0 Å². The molecule has 55 valence electrons. The molecule has 0 spiro atoms. The van der Waals surface area contributed by atoms with Crippen LogP contribution in [0.15, 0.2) is 0 Å². The van der Waals surface area contributed by atoms with Crippen molar-refractivity contribution in [1.82, 2.24) is 0 Å². The van der Waals surface area contributed by atoms with E-state index in [9.17, 15) is 0 Å². The Morgan fingerprint density at radius 3 is 2.11 bits per heavy atom. The van der Waals surface area contributed by atoms with Gasteiger partial charge in [-0.2, -0.15) is 0 Å². The quantitative estimate of drug-likeness (QED) is 0.618. The molecule has 1 unspecified atom stereocenters. The summed E-state index contributed by atoms with van der Waals surface area (Å²) < 4.78 is 0. The summed E-state index contributed by atoms with van der Waals surface area (Å²) in [5, 5.41) is 0. The van der Waals surface area contributed by atoms with Crippen molar-refractivity contribution in [1.29, 1.82) is 0 Å². The molecule has 0 saturated heterocycles. The van der Waals surface area contributed by atoms with E-state index in [2.05, 4.69) is 27.7 Å². The first kappa shape index (κ1) is 8.96. The molecule has 1 radical (unpaired) electrons. The van der Waals surface area contributed by atoms with Crippen molar-refractivity contribution in [2.45, 2.75) is 39.7 Å². The topological polar surface area (TPSA) is 26.0 Å². The third kappa shape index (κ3) is 2.85. The fraction of sp³-hybridized carbons (Fsp3) is 0.875. The molecule has 9 heavy (non-hydrogen) atoms. The normalized spacial score (nSPS) is 15.7. The molecule has 0 bridgehead atoms. The molecule has 0 rings (SSSR count). The van der Waals surface area contributed by atoms with Gasteiger partial charge in [0.05, 0.1) is 0 Å². The maximum Gasteiger partial charge on any atom is 0.00908 e. The summed E-state index contributed by atoms with van der Waals surface area (Å²) in [6.07, 6.45) is 2.36. The van der Waals surface area contributed by atoms with Crippen LogP contribution in [-0.4, -0.2) is 6.04 Å². The average molecular weight is 128 g/mol. The minimum absolute atomic E-state index is 0.0671. The Bertz CT molecular complexity index is 74.6. The van der Waals surface area contributed by atoms with E-state index < -0.39 is 0 Å². The average Bonchev–Trinajstić information content (AvgIpc) is 1.65. The van der Waals surface area contributed by atoms with Crippen LogP contribution in [0.2, 0.25) is 0 Å². The van der Waals surface area contributed by atoms with Gasteiger partial charge in [0.25, 0.3) is 0 Å². The van der Waals surface area contributed by atoms with Crippen molar-refractivity contribution in [3.05, 3.63) is 6.92 Å². The molecular formula is C8H18N. The van der Waals surface area contributed by atoms with Crippen LogP contribution in [0.25, 0.3) is 0 Å². The SMILES string of the molecule is [CH2]C(N)C(C)(C)CCC. The molecule has 0 fully saturated rings. The summed E-state index contributed by atoms with van der Waals surface area (Å²) in [7, 11) is 0. The van der Waals surface area contributed by atoms with Gasteiger partial charge in [-0.15, -0.1) is 0 Å². The molecule has 0 aromatic heterocycles. The zero-order valence-corrected chi connectivity index (χ0v) is 6.78. The van der Waals surface area contributed by atoms with E-state index in [0.29, 0.717) is 0 Å². The fourth-order valence-electron chi connectivity index (χ4n) is 0.830. The third-order valence-corrected chi connectivity index (χ3v) is 1.90. The van der Waals surface area contributed by atoms with Crippen LogP contribution >= 0.6 is 0 Å². The summed E-state index contributed by atoms with van der Waals surface area (Å²) in [5.41, 5.74) is 5.86. The van der Waals surface area contributed by atoms with Crippen LogP contribution in [0.5, 0.6) is 0 Å². The maximum atomic E-state index is 5.65. The van der Waals surface area contributed by atoms with Crippen molar-refractivity contribution in [3.63, 3.8) is 0 Å². The van der Waals surface area contributed by atoms with Crippen LogP contribution < -0.4 is 5.73 Å². The first-order valence-corrected chi connectivity index (χ1v) is 3.59. The molecule has 0 aromatic rings. The molecular weight excluding hydrogens is 110 g/mol. The highest BCUT2D eigenvalue weighted by Crippen LogP contribution is 2.24. The Kier molecular flexibility index (Phi) is 3.20. The van der Waals surface area contributed by atoms with E-state index in [1.54, 1.807) is 0 Å². The van der Waals surface area contributed by atoms with Crippen molar-refractivity contribution in [2.24, 2.45) is 11.1 Å². The first-order valence-electron chi connectivity index (χ1n) is 3.59. The van der Waals surface area contributed by atoms with E-state index >= 15 is 0 Å². The molecule has 1 heteroatoms. The Hall–Kier alpha value is -0.0400. The Morgan fingerprint density at radius 1 is 1.56 bits per heavy atom. The summed E-state index contributed by atoms with van der Waals surface area (Å²) in [6, 6.07) is 0.0671. The smallest absolute Gasteiger partial charge is 0.00908 e. The highest BCUT2D eigenvalue weighted by molar-refractivity contribution is 4.82. The van der Waals surface area contributed by atoms with Crippen molar-refractivity contribution in [3.8, 4) is 0 Å². The van der Waals surface area contributed by atoms with Gasteiger partial charge in [0.2, 0.25) is 0 Å². The largest absolute Gasteiger partial charge is 0.327 e. The van der Waals surface area contributed by atoms with Crippen LogP contribution in [-0.2, 0) is 0 Å². The molecule has 1 atom stereocenters. The highest BCUT2D eigenvalue weighted by atomic mass is 14.7. The van der Waals surface area contributed by atoms with Gasteiger partial charge >= 0.3 is 0 Å². The minimum Gasteiger partial charge on any atom is -0.327 e. The second kappa shape index (κ2) is 3.21. The van der Waals surface area contributed by atoms with E-state index in [4.69, 9.17) is 5.73 Å². The first-order chi connectivity index (χ1) is 4.00.